The van der Waals surface area contributed by atoms with Crippen molar-refractivity contribution in [3.05, 3.63) is 35.9 Å². The second-order valence-electron chi connectivity index (χ2n) is 14.9. The fourth-order valence-electron chi connectivity index (χ4n) is 7.40. The molecule has 52 heavy (non-hydrogen) atoms. The predicted octanol–water partition coefficient (Wildman–Crippen LogP) is 3.10. The first-order valence-corrected chi connectivity index (χ1v) is 18.7. The molecule has 1 aromatic carbocycles. The summed E-state index contributed by atoms with van der Waals surface area (Å²) in [5, 5.41) is 18.5. The van der Waals surface area contributed by atoms with Crippen LogP contribution in [-0.2, 0) is 39.9 Å². The Kier molecular flexibility index (Phi) is 18.2. The fraction of sp³-hybridized carbons (Fsp3) is 0.718. The first-order chi connectivity index (χ1) is 24.5. The summed E-state index contributed by atoms with van der Waals surface area (Å²) in [5.41, 5.74) is 0.785. The van der Waals surface area contributed by atoms with Gasteiger partial charge in [0.25, 0.3) is 0 Å². The number of methoxy groups -OCH3 is 2. The van der Waals surface area contributed by atoms with E-state index in [1.165, 1.54) is 14.2 Å². The molecule has 9 atom stereocenters. The van der Waals surface area contributed by atoms with Crippen molar-refractivity contribution < 1.29 is 38.6 Å². The van der Waals surface area contributed by atoms with Crippen LogP contribution in [0.4, 0.5) is 0 Å². The van der Waals surface area contributed by atoms with Gasteiger partial charge in [-0.2, -0.15) is 0 Å². The van der Waals surface area contributed by atoms with Crippen LogP contribution in [0.2, 0.25) is 0 Å². The van der Waals surface area contributed by atoms with Crippen LogP contribution >= 0.6 is 0 Å². The Balaban J connectivity index is 2.26. The Labute approximate surface area is 310 Å². The summed E-state index contributed by atoms with van der Waals surface area (Å²) in [6, 6.07) is 5.84. The number of carboxylic acid groups (broad SMARTS) is 1. The standard InChI is InChI=1S/C39H65N5O8/c1-12-25(6)34(43(9)38(48)33(24(4)5)42-37(47)32(40-8)23(2)3)30(51-10)22-31(45)44-20-16-19-29(44)35(52-11)26(7)36(46)41-28(39(49)50)21-27-17-14-13-15-18-27/h13-15,17-18,23-26,28-30,32-35,40H,12,16,19-22H2,1-11H3,(H,41,46)(H,42,47)(H,49,50)/t25-,26+,28-,29-,30+,32-,33-,34-,35?/m0/s1. The maximum atomic E-state index is 14.1. The van der Waals surface area contributed by atoms with Gasteiger partial charge in [-0.05, 0) is 43.2 Å². The Hall–Kier alpha value is -3.55. The van der Waals surface area contributed by atoms with E-state index >= 15 is 0 Å². The largest absolute Gasteiger partial charge is 0.480 e. The zero-order valence-corrected chi connectivity index (χ0v) is 33.2. The van der Waals surface area contributed by atoms with E-state index in [1.54, 1.807) is 30.8 Å². The summed E-state index contributed by atoms with van der Waals surface area (Å²) in [6.07, 6.45) is 0.818. The minimum atomic E-state index is -1.14. The zero-order chi connectivity index (χ0) is 39.3. The summed E-state index contributed by atoms with van der Waals surface area (Å²) in [7, 11) is 6.46. The molecule has 13 heteroatoms. The van der Waals surface area contributed by atoms with Crippen LogP contribution in [0.15, 0.2) is 30.3 Å². The number of carbonyl (C=O) groups is 5. The van der Waals surface area contributed by atoms with Crippen molar-refractivity contribution in [3.8, 4) is 0 Å². The van der Waals surface area contributed by atoms with Gasteiger partial charge in [-0.3, -0.25) is 19.2 Å². The number of carbonyl (C=O) groups excluding carboxylic acids is 4. The topological polar surface area (TPSA) is 167 Å². The average molecular weight is 732 g/mol. The number of likely N-dealkylation sites (tertiary alicyclic amines) is 1. The van der Waals surface area contributed by atoms with Gasteiger partial charge in [0.05, 0.1) is 42.7 Å². The lowest BCUT2D eigenvalue weighted by atomic mass is 9.89. The lowest BCUT2D eigenvalue weighted by Crippen LogP contribution is -2.59. The first kappa shape index (κ1) is 44.6. The minimum absolute atomic E-state index is 0.0112. The molecule has 13 nitrogen and oxygen atoms in total. The van der Waals surface area contributed by atoms with E-state index < -0.39 is 60.2 Å². The van der Waals surface area contributed by atoms with E-state index in [-0.39, 0.29) is 48.3 Å². The number of nitrogens with one attached hydrogen (secondary N) is 3. The molecule has 1 aromatic rings. The van der Waals surface area contributed by atoms with Crippen LogP contribution in [0.25, 0.3) is 0 Å². The minimum Gasteiger partial charge on any atom is -0.480 e. The molecule has 1 heterocycles. The number of carboxylic acids is 1. The van der Waals surface area contributed by atoms with Crippen LogP contribution in [-0.4, -0.2) is 122 Å². The molecule has 1 saturated heterocycles. The number of hydrogen-bond donors (Lipinski definition) is 4. The highest BCUT2D eigenvalue weighted by Crippen LogP contribution is 2.29. The molecule has 0 aliphatic carbocycles. The van der Waals surface area contributed by atoms with Crippen molar-refractivity contribution in [2.45, 2.75) is 123 Å². The van der Waals surface area contributed by atoms with E-state index in [9.17, 15) is 29.1 Å². The highest BCUT2D eigenvalue weighted by Gasteiger charge is 2.43. The quantitative estimate of drug-likeness (QED) is 0.149. The number of amides is 4. The van der Waals surface area contributed by atoms with E-state index in [4.69, 9.17) is 9.47 Å². The SMILES string of the molecule is CC[C@H](C)[C@@H]([C@@H](CC(=O)N1CCC[C@H]1C(OC)[C@@H](C)C(=O)N[C@@H](Cc1ccccc1)C(=O)O)OC)N(C)C(=O)[C@@H](NC(=O)[C@@H](NC)C(C)C)C(C)C. The first-order valence-electron chi connectivity index (χ1n) is 18.7. The maximum Gasteiger partial charge on any atom is 0.326 e. The van der Waals surface area contributed by atoms with Gasteiger partial charge in [-0.15, -0.1) is 0 Å². The number of rotatable bonds is 21. The number of likely N-dealkylation sites (N-methyl/N-ethyl adjacent to an activating group) is 2. The van der Waals surface area contributed by atoms with Gasteiger partial charge >= 0.3 is 5.97 Å². The normalized spacial score (nSPS) is 19.2. The van der Waals surface area contributed by atoms with Gasteiger partial charge in [0.2, 0.25) is 23.6 Å². The lowest BCUT2D eigenvalue weighted by Gasteiger charge is -2.41. The molecule has 1 aliphatic rings. The fourth-order valence-corrected chi connectivity index (χ4v) is 7.40. The lowest BCUT2D eigenvalue weighted by molar-refractivity contribution is -0.148. The summed E-state index contributed by atoms with van der Waals surface area (Å²) < 4.78 is 11.8. The molecule has 294 valence electrons. The van der Waals surface area contributed by atoms with Gasteiger partial charge in [-0.25, -0.2) is 4.79 Å². The van der Waals surface area contributed by atoms with Crippen molar-refractivity contribution in [2.24, 2.45) is 23.7 Å². The second kappa shape index (κ2) is 21.2. The van der Waals surface area contributed by atoms with Crippen molar-refractivity contribution in [1.82, 2.24) is 25.8 Å². The molecule has 1 fully saturated rings. The second-order valence-corrected chi connectivity index (χ2v) is 14.9. The average Bonchev–Trinajstić information content (AvgIpc) is 3.59. The van der Waals surface area contributed by atoms with Crippen molar-refractivity contribution in [3.63, 3.8) is 0 Å². The van der Waals surface area contributed by atoms with Gasteiger partial charge in [-0.1, -0.05) is 85.2 Å². The molecular formula is C39H65N5O8. The Morgan fingerprint density at radius 3 is 2.04 bits per heavy atom. The third-order valence-electron chi connectivity index (χ3n) is 10.6. The van der Waals surface area contributed by atoms with Crippen LogP contribution in [0.3, 0.4) is 0 Å². The van der Waals surface area contributed by atoms with Crippen LogP contribution < -0.4 is 16.0 Å². The van der Waals surface area contributed by atoms with Crippen molar-refractivity contribution >= 4 is 29.6 Å². The third-order valence-corrected chi connectivity index (χ3v) is 10.6. The van der Waals surface area contributed by atoms with Gasteiger partial charge in [0.15, 0.2) is 0 Å². The smallest absolute Gasteiger partial charge is 0.326 e. The van der Waals surface area contributed by atoms with E-state index in [0.717, 1.165) is 12.0 Å². The van der Waals surface area contributed by atoms with Gasteiger partial charge in [0.1, 0.15) is 12.1 Å². The van der Waals surface area contributed by atoms with Crippen LogP contribution in [0, 0.1) is 23.7 Å². The van der Waals surface area contributed by atoms with Crippen LogP contribution in [0.1, 0.15) is 79.7 Å². The molecule has 1 unspecified atom stereocenters. The molecule has 0 aromatic heterocycles. The summed E-state index contributed by atoms with van der Waals surface area (Å²) in [4.78, 5) is 70.3. The number of benzene rings is 1. The summed E-state index contributed by atoms with van der Waals surface area (Å²) in [6.45, 7) is 13.9. The number of ether oxygens (including phenoxy) is 2. The Bertz CT molecular complexity index is 1310. The molecule has 1 aliphatic heterocycles. The van der Waals surface area contributed by atoms with Crippen molar-refractivity contribution in [2.75, 3.05) is 34.9 Å². The maximum absolute atomic E-state index is 14.1. The molecule has 4 N–H and O–H groups in total. The highest BCUT2D eigenvalue weighted by molar-refractivity contribution is 5.90. The Morgan fingerprint density at radius 2 is 1.54 bits per heavy atom. The molecular weight excluding hydrogens is 666 g/mol. The molecule has 0 saturated carbocycles. The van der Waals surface area contributed by atoms with Gasteiger partial charge in [0, 0.05) is 34.2 Å². The predicted molar refractivity (Wildman–Crippen MR) is 200 cm³/mol. The number of nitrogens with zero attached hydrogens (tertiary/aromatic N) is 2. The summed E-state index contributed by atoms with van der Waals surface area (Å²) in [5.74, 6) is -3.27. The number of hydrogen-bond acceptors (Lipinski definition) is 8. The zero-order valence-electron chi connectivity index (χ0n) is 33.2. The number of aliphatic carboxylic acids is 1. The highest BCUT2D eigenvalue weighted by atomic mass is 16.5. The Morgan fingerprint density at radius 1 is 0.923 bits per heavy atom. The molecule has 0 bridgehead atoms. The van der Waals surface area contributed by atoms with Gasteiger partial charge < -0.3 is 40.3 Å². The monoisotopic (exact) mass is 731 g/mol. The molecule has 2 rings (SSSR count). The third kappa shape index (κ3) is 11.7. The van der Waals surface area contributed by atoms with Crippen LogP contribution in [0.5, 0.6) is 0 Å². The van der Waals surface area contributed by atoms with Crippen molar-refractivity contribution in [1.29, 1.82) is 0 Å². The van der Waals surface area contributed by atoms with E-state index in [0.29, 0.717) is 19.4 Å². The molecule has 4 amide bonds. The van der Waals surface area contributed by atoms with E-state index in [2.05, 4.69) is 16.0 Å². The molecule has 0 radical (unpaired) electrons. The molecule has 0 spiro atoms. The van der Waals surface area contributed by atoms with E-state index in [1.807, 2.05) is 71.9 Å². The summed E-state index contributed by atoms with van der Waals surface area (Å²) >= 11 is 0.